The first-order valence-electron chi connectivity index (χ1n) is 16.3. The van der Waals surface area contributed by atoms with Crippen LogP contribution in [-0.4, -0.2) is 17.1 Å². The Morgan fingerprint density at radius 2 is 1.43 bits per heavy atom. The van der Waals surface area contributed by atoms with Crippen molar-refractivity contribution in [2.24, 2.45) is 10.7 Å². The molecule has 0 bridgehead atoms. The summed E-state index contributed by atoms with van der Waals surface area (Å²) in [6, 6.07) is 43.5. The van der Waals surface area contributed by atoms with Crippen molar-refractivity contribution in [3.63, 3.8) is 0 Å². The number of hydrogen-bond acceptors (Lipinski definition) is 1. The van der Waals surface area contributed by atoms with Gasteiger partial charge in [-0.15, -0.1) is 0 Å². The molecule has 6 aromatic carbocycles. The molecule has 2 aliphatic rings. The average Bonchev–Trinajstić information content (AvgIpc) is 3.65. The van der Waals surface area contributed by atoms with Crippen molar-refractivity contribution in [2.75, 3.05) is 0 Å². The van der Waals surface area contributed by atoms with Crippen LogP contribution in [0, 0.1) is 0 Å². The first-order chi connectivity index (χ1) is 23.2. The van der Waals surface area contributed by atoms with Gasteiger partial charge in [0, 0.05) is 28.2 Å². The minimum Gasteiger partial charge on any atom is -0.383 e. The summed E-state index contributed by atoms with van der Waals surface area (Å²) in [6.07, 6.45) is 10.4. The second kappa shape index (κ2) is 10.9. The maximum Gasteiger partial charge on any atom is 0.242 e. The highest BCUT2D eigenvalue weighted by molar-refractivity contribution is 6.99. The summed E-state index contributed by atoms with van der Waals surface area (Å²) in [4.78, 5) is 4.65. The molecule has 0 saturated carbocycles. The minimum atomic E-state index is 0.211. The number of fused-ring (bicyclic) bond motifs is 10. The van der Waals surface area contributed by atoms with E-state index in [0.717, 1.165) is 29.6 Å². The largest absolute Gasteiger partial charge is 0.383 e. The third-order valence-corrected chi connectivity index (χ3v) is 9.97. The summed E-state index contributed by atoms with van der Waals surface area (Å²) in [5.41, 5.74) is 19.9. The van der Waals surface area contributed by atoms with Crippen molar-refractivity contribution >= 4 is 73.3 Å². The molecule has 2 heterocycles. The van der Waals surface area contributed by atoms with Crippen LogP contribution in [0.1, 0.15) is 23.1 Å². The van der Waals surface area contributed by atoms with E-state index in [4.69, 9.17) is 5.73 Å². The van der Waals surface area contributed by atoms with Crippen molar-refractivity contribution in [3.8, 4) is 11.1 Å². The van der Waals surface area contributed by atoms with Crippen LogP contribution in [0.5, 0.6) is 0 Å². The smallest absolute Gasteiger partial charge is 0.242 e. The molecule has 47 heavy (non-hydrogen) atoms. The number of rotatable bonds is 5. The van der Waals surface area contributed by atoms with E-state index >= 15 is 0 Å². The maximum atomic E-state index is 6.53. The van der Waals surface area contributed by atoms with E-state index in [1.165, 1.54) is 65.7 Å². The molecule has 7 aromatic rings. The molecule has 222 valence electrons. The zero-order valence-corrected chi connectivity index (χ0v) is 26.0. The molecule has 2 N–H and O–H groups in total. The Morgan fingerprint density at radius 3 is 2.21 bits per heavy atom. The molecular weight excluding hydrogens is 569 g/mol. The van der Waals surface area contributed by atoms with Crippen molar-refractivity contribution in [3.05, 3.63) is 163 Å². The Morgan fingerprint density at radius 1 is 0.745 bits per heavy atom. The minimum absolute atomic E-state index is 0.211. The van der Waals surface area contributed by atoms with Crippen molar-refractivity contribution in [1.82, 2.24) is 4.57 Å². The third-order valence-electron chi connectivity index (χ3n) is 9.97. The predicted molar refractivity (Wildman–Crippen MR) is 202 cm³/mol. The first kappa shape index (κ1) is 27.4. The quantitative estimate of drug-likeness (QED) is 0.0931. The highest BCUT2D eigenvalue weighted by atomic mass is 15.0. The summed E-state index contributed by atoms with van der Waals surface area (Å²) in [5.74, 6) is 0.474. The predicted octanol–water partition coefficient (Wildman–Crippen LogP) is 7.79. The number of aryl methyl sites for hydroxylation is 1. The molecule has 0 atom stereocenters. The number of aliphatic imine (C=N–C) groups is 1. The van der Waals surface area contributed by atoms with Gasteiger partial charge in [0.2, 0.25) is 6.71 Å². The lowest BCUT2D eigenvalue weighted by molar-refractivity contribution is 0.998. The highest BCUT2D eigenvalue weighted by Crippen LogP contribution is 2.40. The Bertz CT molecular complexity index is 2450. The number of allylic oxidation sites excluding steroid dienone is 3. The topological polar surface area (TPSA) is 43.3 Å². The second-order valence-corrected chi connectivity index (χ2v) is 12.5. The Balaban J connectivity index is 1.05. The molecule has 9 rings (SSSR count). The van der Waals surface area contributed by atoms with Crippen molar-refractivity contribution in [1.29, 1.82) is 0 Å². The van der Waals surface area contributed by atoms with Crippen LogP contribution in [0.15, 0.2) is 151 Å². The van der Waals surface area contributed by atoms with E-state index in [0.29, 0.717) is 5.84 Å². The fourth-order valence-corrected chi connectivity index (χ4v) is 7.84. The summed E-state index contributed by atoms with van der Waals surface area (Å²) < 4.78 is 2.27. The highest BCUT2D eigenvalue weighted by Gasteiger charge is 2.32. The normalized spacial score (nSPS) is 13.9. The summed E-state index contributed by atoms with van der Waals surface area (Å²) in [5, 5.41) is 5.12. The zero-order chi connectivity index (χ0) is 31.5. The molecule has 0 saturated heterocycles. The summed E-state index contributed by atoms with van der Waals surface area (Å²) in [7, 11) is 0. The van der Waals surface area contributed by atoms with Gasteiger partial charge in [0.05, 0.1) is 11.0 Å². The summed E-state index contributed by atoms with van der Waals surface area (Å²) >= 11 is 0. The Labute approximate surface area is 274 Å². The van der Waals surface area contributed by atoms with Gasteiger partial charge in [-0.25, -0.2) is 4.99 Å². The van der Waals surface area contributed by atoms with Crippen LogP contribution >= 0.6 is 0 Å². The van der Waals surface area contributed by atoms with Gasteiger partial charge in [-0.3, -0.25) is 0 Å². The molecular formula is C43H32BN3. The third kappa shape index (κ3) is 4.33. The number of nitrogens with two attached hydrogens (primary N) is 1. The van der Waals surface area contributed by atoms with Gasteiger partial charge in [0.1, 0.15) is 5.84 Å². The number of aromatic nitrogens is 1. The summed E-state index contributed by atoms with van der Waals surface area (Å²) in [6.45, 7) is 4.71. The molecule has 1 aromatic heterocycles. The number of amidine groups is 1. The fraction of sp³-hybridized carbons (Fsp3) is 0.0465. The lowest BCUT2D eigenvalue weighted by Gasteiger charge is -2.13. The van der Waals surface area contributed by atoms with Crippen LogP contribution in [0.3, 0.4) is 0 Å². The van der Waals surface area contributed by atoms with E-state index in [9.17, 15) is 0 Å². The van der Waals surface area contributed by atoms with Gasteiger partial charge < -0.3 is 10.3 Å². The first-order valence-corrected chi connectivity index (χ1v) is 16.3. The maximum absolute atomic E-state index is 6.53. The van der Waals surface area contributed by atoms with Crippen LogP contribution in [0.4, 0.5) is 0 Å². The monoisotopic (exact) mass is 601 g/mol. The van der Waals surface area contributed by atoms with E-state index in [2.05, 4.69) is 150 Å². The average molecular weight is 602 g/mol. The second-order valence-electron chi connectivity index (χ2n) is 12.5. The molecule has 0 fully saturated rings. The van der Waals surface area contributed by atoms with Gasteiger partial charge in [0.15, 0.2) is 0 Å². The Kier molecular flexibility index (Phi) is 6.36. The van der Waals surface area contributed by atoms with Crippen LogP contribution in [-0.2, 0) is 6.42 Å². The lowest BCUT2D eigenvalue weighted by Crippen LogP contribution is -2.48. The molecule has 0 spiro atoms. The van der Waals surface area contributed by atoms with Gasteiger partial charge in [-0.2, -0.15) is 0 Å². The SMILES string of the molecule is C=C(/C=C\N=C(N)c1ccc(B2c3ccccc3-c3ccccc32)cc1)n1c2ccc3c(c2c2c4ccccc4ccc21)CCC=C3. The van der Waals surface area contributed by atoms with E-state index in [1.807, 2.05) is 6.08 Å². The molecule has 1 aliphatic carbocycles. The van der Waals surface area contributed by atoms with E-state index in [1.54, 1.807) is 6.20 Å². The zero-order valence-electron chi connectivity index (χ0n) is 26.0. The molecule has 3 nitrogen and oxygen atoms in total. The van der Waals surface area contributed by atoms with Crippen molar-refractivity contribution < 1.29 is 0 Å². The Hall–Kier alpha value is -5.87. The van der Waals surface area contributed by atoms with Gasteiger partial charge in [0.25, 0.3) is 0 Å². The van der Waals surface area contributed by atoms with Gasteiger partial charge in [-0.05, 0) is 64.1 Å². The van der Waals surface area contributed by atoms with Gasteiger partial charge in [-0.1, -0.05) is 144 Å². The fourth-order valence-electron chi connectivity index (χ4n) is 7.84. The number of hydrogen-bond donors (Lipinski definition) is 1. The molecule has 0 unspecified atom stereocenters. The molecule has 4 heteroatoms. The standard InChI is InChI=1S/C43H32BN3/c1-28(47-39-24-20-29-10-2-4-12-33(29)41(39)42-34-13-5-3-11-30(34)21-25-40(42)47)26-27-46-43(45)31-18-22-32(23-19-31)44-37-16-8-6-14-35(37)36-15-7-9-17-38(36)44/h2-4,6-12,14-27H,1,5,13H2,(H2,45,46)/b27-26-. The number of nitrogens with zero attached hydrogens (tertiary/aromatic N) is 2. The lowest BCUT2D eigenvalue weighted by atomic mass is 9.39. The molecule has 0 radical (unpaired) electrons. The van der Waals surface area contributed by atoms with Crippen LogP contribution in [0.2, 0.25) is 0 Å². The molecule has 0 amide bonds. The van der Waals surface area contributed by atoms with Crippen LogP contribution < -0.4 is 22.1 Å². The van der Waals surface area contributed by atoms with Crippen molar-refractivity contribution in [2.45, 2.75) is 12.8 Å². The number of benzene rings is 6. The van der Waals surface area contributed by atoms with E-state index < -0.39 is 0 Å². The van der Waals surface area contributed by atoms with Gasteiger partial charge >= 0.3 is 0 Å². The van der Waals surface area contributed by atoms with Crippen LogP contribution in [0.25, 0.3) is 55.5 Å². The van der Waals surface area contributed by atoms with E-state index in [-0.39, 0.29) is 6.71 Å². The molecule has 1 aliphatic heterocycles.